The van der Waals surface area contributed by atoms with Gasteiger partial charge < -0.3 is 10.2 Å². The van der Waals surface area contributed by atoms with Crippen LogP contribution >= 0.6 is 0 Å². The van der Waals surface area contributed by atoms with E-state index >= 15 is 0 Å². The average molecular weight is 346 g/mol. The number of amides is 2. The Labute approximate surface area is 136 Å². The molecule has 1 aliphatic rings. The Balaban J connectivity index is 2.34. The lowest BCUT2D eigenvalue weighted by molar-refractivity contribution is -0.163. The molecule has 1 heterocycles. The van der Waals surface area contributed by atoms with Gasteiger partial charge in [-0.2, -0.15) is 13.2 Å². The first kappa shape index (κ1) is 18.2. The molecule has 1 aromatic carbocycles. The molecule has 0 fully saturated rings. The van der Waals surface area contributed by atoms with E-state index in [1.54, 1.807) is 13.8 Å². The molecule has 2 rings (SSSR count). The molecule has 0 bridgehead atoms. The normalized spacial score (nSPS) is 17.5. The number of benzene rings is 1. The van der Waals surface area contributed by atoms with Gasteiger partial charge in [0.25, 0.3) is 0 Å². The van der Waals surface area contributed by atoms with Crippen molar-refractivity contribution in [2.75, 3.05) is 18.4 Å². The fourth-order valence-corrected chi connectivity index (χ4v) is 2.77. The fourth-order valence-electron chi connectivity index (χ4n) is 2.77. The molecule has 0 aliphatic carbocycles. The quantitative estimate of drug-likeness (QED) is 0.851. The number of rotatable bonds is 4. The van der Waals surface area contributed by atoms with Crippen molar-refractivity contribution in [3.8, 4) is 0 Å². The number of anilines is 1. The molecule has 1 atom stereocenters. The van der Waals surface area contributed by atoms with E-state index in [2.05, 4.69) is 5.32 Å². The molecule has 1 aromatic rings. The molecule has 0 saturated carbocycles. The summed E-state index contributed by atoms with van der Waals surface area (Å²) < 4.78 is 51.7. The highest BCUT2D eigenvalue weighted by Crippen LogP contribution is 2.34. The van der Waals surface area contributed by atoms with Crippen molar-refractivity contribution in [2.45, 2.75) is 32.4 Å². The molecule has 132 valence electrons. The number of nitrogens with zero attached hydrogens (tertiary/aromatic N) is 1. The van der Waals surface area contributed by atoms with Gasteiger partial charge in [0.15, 0.2) is 0 Å². The van der Waals surface area contributed by atoms with Gasteiger partial charge in [-0.25, -0.2) is 4.39 Å². The minimum Gasteiger partial charge on any atom is -0.333 e. The summed E-state index contributed by atoms with van der Waals surface area (Å²) in [6.45, 7) is 1.95. The van der Waals surface area contributed by atoms with Crippen LogP contribution in [0.4, 0.5) is 23.2 Å². The van der Waals surface area contributed by atoms with Crippen LogP contribution in [0.25, 0.3) is 0 Å². The molecular formula is C16H18F4N2O2. The molecule has 24 heavy (non-hydrogen) atoms. The van der Waals surface area contributed by atoms with Crippen molar-refractivity contribution in [1.82, 2.24) is 4.90 Å². The lowest BCUT2D eigenvalue weighted by Gasteiger charge is -2.32. The molecule has 1 unspecified atom stereocenters. The van der Waals surface area contributed by atoms with Gasteiger partial charge in [-0.3, -0.25) is 9.59 Å². The first-order valence-electron chi connectivity index (χ1n) is 7.51. The minimum absolute atomic E-state index is 0.0764. The fraction of sp³-hybridized carbons (Fsp3) is 0.500. The third-order valence-corrected chi connectivity index (χ3v) is 3.62. The van der Waals surface area contributed by atoms with Crippen LogP contribution < -0.4 is 5.32 Å². The van der Waals surface area contributed by atoms with E-state index in [0.29, 0.717) is 5.56 Å². The summed E-state index contributed by atoms with van der Waals surface area (Å²) in [6, 6.07) is 3.50. The molecule has 1 N–H and O–H groups in total. The zero-order valence-corrected chi connectivity index (χ0v) is 13.3. The van der Waals surface area contributed by atoms with E-state index in [0.717, 1.165) is 17.0 Å². The predicted molar refractivity (Wildman–Crippen MR) is 79.9 cm³/mol. The van der Waals surface area contributed by atoms with Crippen LogP contribution in [0.1, 0.15) is 31.7 Å². The molecule has 0 saturated heterocycles. The highest BCUT2D eigenvalue weighted by Gasteiger charge is 2.38. The van der Waals surface area contributed by atoms with Crippen LogP contribution in [-0.4, -0.2) is 36.0 Å². The zero-order chi connectivity index (χ0) is 18.1. The predicted octanol–water partition coefficient (Wildman–Crippen LogP) is 3.30. The van der Waals surface area contributed by atoms with Crippen molar-refractivity contribution >= 4 is 17.5 Å². The third-order valence-electron chi connectivity index (χ3n) is 3.62. The van der Waals surface area contributed by atoms with E-state index in [4.69, 9.17) is 0 Å². The summed E-state index contributed by atoms with van der Waals surface area (Å²) in [7, 11) is 0. The van der Waals surface area contributed by atoms with Crippen LogP contribution in [0.5, 0.6) is 0 Å². The maximum Gasteiger partial charge on any atom is 0.406 e. The number of alkyl halides is 3. The average Bonchev–Trinajstić information content (AvgIpc) is 2.42. The van der Waals surface area contributed by atoms with Crippen molar-refractivity contribution in [2.24, 2.45) is 5.92 Å². The first-order chi connectivity index (χ1) is 11.1. The number of fused-ring (bicyclic) bond motifs is 1. The second-order valence-electron chi connectivity index (χ2n) is 6.26. The Morgan fingerprint density at radius 2 is 2.04 bits per heavy atom. The number of carbonyl (C=O) groups is 2. The van der Waals surface area contributed by atoms with E-state index in [1.807, 2.05) is 0 Å². The van der Waals surface area contributed by atoms with Gasteiger partial charge in [0.2, 0.25) is 11.8 Å². The molecular weight excluding hydrogens is 328 g/mol. The number of carbonyl (C=O) groups excluding carboxylic acids is 2. The second-order valence-corrected chi connectivity index (χ2v) is 6.26. The van der Waals surface area contributed by atoms with Gasteiger partial charge >= 0.3 is 6.18 Å². The van der Waals surface area contributed by atoms with Crippen molar-refractivity contribution in [3.05, 3.63) is 29.6 Å². The Bertz CT molecular complexity index is 643. The minimum atomic E-state index is -4.53. The van der Waals surface area contributed by atoms with E-state index in [1.165, 1.54) is 6.07 Å². The summed E-state index contributed by atoms with van der Waals surface area (Å²) in [5, 5.41) is 2.44. The second kappa shape index (κ2) is 6.78. The van der Waals surface area contributed by atoms with E-state index in [9.17, 15) is 27.2 Å². The monoisotopic (exact) mass is 346 g/mol. The van der Waals surface area contributed by atoms with Crippen LogP contribution in [0.2, 0.25) is 0 Å². The molecule has 0 aromatic heterocycles. The topological polar surface area (TPSA) is 49.4 Å². The van der Waals surface area contributed by atoms with Crippen molar-refractivity contribution < 1.29 is 27.2 Å². The van der Waals surface area contributed by atoms with E-state index < -0.39 is 36.3 Å². The van der Waals surface area contributed by atoms with Gasteiger partial charge in [-0.1, -0.05) is 19.9 Å². The maximum atomic E-state index is 13.3. The molecule has 0 spiro atoms. The lowest BCUT2D eigenvalue weighted by Crippen LogP contribution is -2.44. The molecule has 8 heteroatoms. The summed E-state index contributed by atoms with van der Waals surface area (Å²) >= 11 is 0. The Kier molecular flexibility index (Phi) is 5.15. The third kappa shape index (κ3) is 4.46. The maximum absolute atomic E-state index is 13.3. The summed E-state index contributed by atoms with van der Waals surface area (Å²) in [6.07, 6.45) is -4.79. The Morgan fingerprint density at radius 1 is 1.38 bits per heavy atom. The molecule has 4 nitrogen and oxygen atoms in total. The smallest absolute Gasteiger partial charge is 0.333 e. The molecule has 1 aliphatic heterocycles. The summed E-state index contributed by atoms with van der Waals surface area (Å²) in [5.74, 6) is -3.11. The largest absolute Gasteiger partial charge is 0.406 e. The number of nitrogens with one attached hydrogen (secondary N) is 1. The highest BCUT2D eigenvalue weighted by molar-refractivity contribution is 6.01. The summed E-state index contributed by atoms with van der Waals surface area (Å²) in [4.78, 5) is 25.1. The van der Waals surface area contributed by atoms with Gasteiger partial charge in [0, 0.05) is 18.7 Å². The molecule has 2 amide bonds. The number of hydrogen-bond donors (Lipinski definition) is 1. The van der Waals surface area contributed by atoms with Gasteiger partial charge in [-0.05, 0) is 23.6 Å². The Hall–Kier alpha value is -2.12. The highest BCUT2D eigenvalue weighted by atomic mass is 19.4. The number of halogens is 4. The SMILES string of the molecule is CC(C)CN(CC(F)(F)F)C(=O)C1CC(=O)Nc2cc(F)ccc21. The van der Waals surface area contributed by atoms with Crippen LogP contribution in [-0.2, 0) is 9.59 Å². The van der Waals surface area contributed by atoms with Crippen molar-refractivity contribution in [1.29, 1.82) is 0 Å². The summed E-state index contributed by atoms with van der Waals surface area (Å²) in [5.41, 5.74) is 0.457. The van der Waals surface area contributed by atoms with Crippen LogP contribution in [0.3, 0.4) is 0 Å². The van der Waals surface area contributed by atoms with Gasteiger partial charge in [0.05, 0.1) is 5.92 Å². The molecule has 0 radical (unpaired) electrons. The lowest BCUT2D eigenvalue weighted by atomic mass is 9.89. The standard InChI is InChI=1S/C16H18F4N2O2/c1-9(2)7-22(8-16(18,19)20)15(24)12-6-14(23)21-13-5-10(17)3-4-11(12)13/h3-5,9,12H,6-8H2,1-2H3,(H,21,23). The number of hydrogen-bond acceptors (Lipinski definition) is 2. The van der Waals surface area contributed by atoms with Crippen LogP contribution in [0.15, 0.2) is 18.2 Å². The zero-order valence-electron chi connectivity index (χ0n) is 13.3. The first-order valence-corrected chi connectivity index (χ1v) is 7.51. The van der Waals surface area contributed by atoms with Crippen molar-refractivity contribution in [3.63, 3.8) is 0 Å². The van der Waals surface area contributed by atoms with Crippen LogP contribution in [0, 0.1) is 11.7 Å². The Morgan fingerprint density at radius 3 is 2.62 bits per heavy atom. The van der Waals surface area contributed by atoms with Gasteiger partial charge in [0.1, 0.15) is 12.4 Å². The van der Waals surface area contributed by atoms with E-state index in [-0.39, 0.29) is 24.6 Å². The van der Waals surface area contributed by atoms with Gasteiger partial charge in [-0.15, -0.1) is 0 Å².